The smallest absolute Gasteiger partial charge is 0.176 e. The summed E-state index contributed by atoms with van der Waals surface area (Å²) in [4.78, 5) is 13.2. The Balaban J connectivity index is 1.83. The normalized spacial score (nSPS) is 20.5. The third-order valence-electron chi connectivity index (χ3n) is 3.73. The molecule has 1 aromatic heterocycles. The molecule has 0 aliphatic heterocycles. The van der Waals surface area contributed by atoms with Crippen LogP contribution in [0.25, 0.3) is 0 Å². The lowest BCUT2D eigenvalue weighted by atomic mass is 10.1. The molecule has 3 rings (SSSR count). The fourth-order valence-corrected chi connectivity index (χ4v) is 3.29. The van der Waals surface area contributed by atoms with Gasteiger partial charge < -0.3 is 9.47 Å². The Hall–Kier alpha value is -1.81. The van der Waals surface area contributed by atoms with Gasteiger partial charge in [-0.05, 0) is 42.0 Å². The average Bonchev–Trinajstić information content (AvgIpc) is 3.10. The van der Waals surface area contributed by atoms with Crippen LogP contribution in [0, 0.1) is 5.92 Å². The first-order valence-electron chi connectivity index (χ1n) is 6.54. The van der Waals surface area contributed by atoms with E-state index in [0.717, 1.165) is 28.4 Å². The minimum atomic E-state index is 0.0784. The molecule has 1 aliphatic rings. The summed E-state index contributed by atoms with van der Waals surface area (Å²) >= 11 is 1.51. The Morgan fingerprint density at radius 2 is 2.10 bits per heavy atom. The molecule has 0 saturated heterocycles. The summed E-state index contributed by atoms with van der Waals surface area (Å²) in [6.07, 6.45) is 0.889. The molecule has 0 bridgehead atoms. The summed E-state index contributed by atoms with van der Waals surface area (Å²) in [6, 6.07) is 9.57. The lowest BCUT2D eigenvalue weighted by Gasteiger charge is -2.10. The highest BCUT2D eigenvalue weighted by Crippen LogP contribution is 2.52. The fourth-order valence-electron chi connectivity index (χ4n) is 2.56. The number of hydrogen-bond donors (Lipinski definition) is 0. The van der Waals surface area contributed by atoms with Crippen molar-refractivity contribution < 1.29 is 14.3 Å². The van der Waals surface area contributed by atoms with Gasteiger partial charge >= 0.3 is 0 Å². The van der Waals surface area contributed by atoms with Crippen LogP contribution in [-0.4, -0.2) is 20.0 Å². The van der Waals surface area contributed by atoms with Gasteiger partial charge in [-0.2, -0.15) is 0 Å². The molecule has 104 valence electrons. The van der Waals surface area contributed by atoms with Crippen molar-refractivity contribution in [3.05, 3.63) is 46.2 Å². The predicted molar refractivity (Wildman–Crippen MR) is 79.0 cm³/mol. The average molecular weight is 288 g/mol. The van der Waals surface area contributed by atoms with Gasteiger partial charge in [-0.1, -0.05) is 6.07 Å². The molecule has 1 aliphatic carbocycles. The Kier molecular flexibility index (Phi) is 3.49. The number of rotatable bonds is 5. The number of methoxy groups -OCH3 is 2. The number of benzene rings is 1. The zero-order valence-electron chi connectivity index (χ0n) is 11.5. The van der Waals surface area contributed by atoms with Gasteiger partial charge in [0, 0.05) is 11.5 Å². The van der Waals surface area contributed by atoms with Crippen molar-refractivity contribution in [1.82, 2.24) is 0 Å². The molecule has 1 aromatic carbocycles. The molecule has 4 heteroatoms. The second-order valence-electron chi connectivity index (χ2n) is 4.90. The summed E-state index contributed by atoms with van der Waals surface area (Å²) in [7, 11) is 3.30. The highest BCUT2D eigenvalue weighted by Gasteiger charge is 2.45. The van der Waals surface area contributed by atoms with E-state index in [2.05, 4.69) is 0 Å². The van der Waals surface area contributed by atoms with Crippen molar-refractivity contribution in [2.75, 3.05) is 14.2 Å². The zero-order valence-corrected chi connectivity index (χ0v) is 12.3. The maximum Gasteiger partial charge on any atom is 0.176 e. The van der Waals surface area contributed by atoms with Gasteiger partial charge in [-0.3, -0.25) is 4.79 Å². The summed E-state index contributed by atoms with van der Waals surface area (Å²) in [5.41, 5.74) is 1.07. The third-order valence-corrected chi connectivity index (χ3v) is 4.61. The SMILES string of the molecule is COc1ccc(OC)c(C2CC2C(=O)c2cccs2)c1. The largest absolute Gasteiger partial charge is 0.497 e. The van der Waals surface area contributed by atoms with Gasteiger partial charge in [0.25, 0.3) is 0 Å². The molecule has 0 N–H and O–H groups in total. The van der Waals surface area contributed by atoms with Gasteiger partial charge in [0.1, 0.15) is 11.5 Å². The van der Waals surface area contributed by atoms with E-state index in [1.165, 1.54) is 11.3 Å². The molecule has 2 atom stereocenters. The van der Waals surface area contributed by atoms with Crippen LogP contribution in [0.4, 0.5) is 0 Å². The fraction of sp³-hybridized carbons (Fsp3) is 0.312. The molecule has 2 unspecified atom stereocenters. The highest BCUT2D eigenvalue weighted by atomic mass is 32.1. The summed E-state index contributed by atoms with van der Waals surface area (Å²) in [6.45, 7) is 0. The first-order valence-corrected chi connectivity index (χ1v) is 7.42. The van der Waals surface area contributed by atoms with Crippen molar-refractivity contribution >= 4 is 17.1 Å². The first kappa shape index (κ1) is 13.2. The molecular weight excluding hydrogens is 272 g/mol. The van der Waals surface area contributed by atoms with Crippen LogP contribution >= 0.6 is 11.3 Å². The lowest BCUT2D eigenvalue weighted by Crippen LogP contribution is -2.01. The number of thiophene rings is 1. The molecular formula is C16H16O3S. The van der Waals surface area contributed by atoms with Crippen LogP contribution in [0.3, 0.4) is 0 Å². The molecule has 1 heterocycles. The number of Topliss-reactive ketones (excluding diaryl/α,β-unsaturated/α-hetero) is 1. The molecule has 0 radical (unpaired) electrons. The molecule has 20 heavy (non-hydrogen) atoms. The van der Waals surface area contributed by atoms with E-state index < -0.39 is 0 Å². The number of carbonyl (C=O) groups is 1. The van der Waals surface area contributed by atoms with Crippen LogP contribution in [0.5, 0.6) is 11.5 Å². The van der Waals surface area contributed by atoms with Gasteiger partial charge in [0.05, 0.1) is 19.1 Å². The van der Waals surface area contributed by atoms with Crippen molar-refractivity contribution in [2.45, 2.75) is 12.3 Å². The molecule has 1 fully saturated rings. The van der Waals surface area contributed by atoms with Crippen molar-refractivity contribution in [1.29, 1.82) is 0 Å². The van der Waals surface area contributed by atoms with Crippen LogP contribution in [-0.2, 0) is 0 Å². The van der Waals surface area contributed by atoms with Crippen LogP contribution in [0.15, 0.2) is 35.7 Å². The maximum absolute atomic E-state index is 12.3. The van der Waals surface area contributed by atoms with Crippen LogP contribution in [0.1, 0.15) is 27.6 Å². The monoisotopic (exact) mass is 288 g/mol. The van der Waals surface area contributed by atoms with E-state index in [1.807, 2.05) is 35.7 Å². The minimum absolute atomic E-state index is 0.0784. The Morgan fingerprint density at radius 3 is 2.75 bits per heavy atom. The number of hydrogen-bond acceptors (Lipinski definition) is 4. The second-order valence-corrected chi connectivity index (χ2v) is 5.85. The summed E-state index contributed by atoms with van der Waals surface area (Å²) < 4.78 is 10.7. The van der Waals surface area contributed by atoms with Gasteiger partial charge in [0.2, 0.25) is 0 Å². The van der Waals surface area contributed by atoms with E-state index in [4.69, 9.17) is 9.47 Å². The number of ether oxygens (including phenoxy) is 2. The van der Waals surface area contributed by atoms with Crippen LogP contribution in [0.2, 0.25) is 0 Å². The standard InChI is InChI=1S/C16H16O3S/c1-18-10-5-6-14(19-2)12(8-10)11-9-13(11)16(17)15-4-3-7-20-15/h3-8,11,13H,9H2,1-2H3. The van der Waals surface area contributed by atoms with Gasteiger partial charge in [0.15, 0.2) is 5.78 Å². The lowest BCUT2D eigenvalue weighted by molar-refractivity contribution is 0.0969. The third kappa shape index (κ3) is 2.31. The Bertz CT molecular complexity index is 619. The maximum atomic E-state index is 12.3. The van der Waals surface area contributed by atoms with Crippen molar-refractivity contribution in [3.63, 3.8) is 0 Å². The summed E-state index contributed by atoms with van der Waals surface area (Å²) in [5, 5.41) is 1.94. The zero-order chi connectivity index (χ0) is 14.1. The van der Waals surface area contributed by atoms with Gasteiger partial charge in [-0.25, -0.2) is 0 Å². The van der Waals surface area contributed by atoms with E-state index in [0.29, 0.717) is 0 Å². The number of carbonyl (C=O) groups excluding carboxylic acids is 1. The van der Waals surface area contributed by atoms with Gasteiger partial charge in [-0.15, -0.1) is 11.3 Å². The van der Waals surface area contributed by atoms with E-state index in [-0.39, 0.29) is 17.6 Å². The Labute approximate surface area is 122 Å². The van der Waals surface area contributed by atoms with Crippen molar-refractivity contribution in [3.8, 4) is 11.5 Å². The molecule has 3 nitrogen and oxygen atoms in total. The van der Waals surface area contributed by atoms with Crippen LogP contribution < -0.4 is 9.47 Å². The Morgan fingerprint density at radius 1 is 1.25 bits per heavy atom. The van der Waals surface area contributed by atoms with Crippen molar-refractivity contribution in [2.24, 2.45) is 5.92 Å². The van der Waals surface area contributed by atoms with E-state index >= 15 is 0 Å². The minimum Gasteiger partial charge on any atom is -0.497 e. The molecule has 0 spiro atoms. The number of ketones is 1. The quantitative estimate of drug-likeness (QED) is 0.786. The molecule has 2 aromatic rings. The topological polar surface area (TPSA) is 35.5 Å². The second kappa shape index (κ2) is 5.29. The molecule has 1 saturated carbocycles. The first-order chi connectivity index (χ1) is 9.74. The predicted octanol–water partition coefficient (Wildman–Crippen LogP) is 3.75. The van der Waals surface area contributed by atoms with E-state index in [1.54, 1.807) is 14.2 Å². The summed E-state index contributed by atoms with van der Waals surface area (Å²) in [5.74, 6) is 2.20. The molecule has 0 amide bonds. The highest BCUT2D eigenvalue weighted by molar-refractivity contribution is 7.12. The van der Waals surface area contributed by atoms with E-state index in [9.17, 15) is 4.79 Å².